The number of sulfonamides is 1. The van der Waals surface area contributed by atoms with Crippen LogP contribution in [0.2, 0.25) is 10.0 Å². The second kappa shape index (κ2) is 12.1. The van der Waals surface area contributed by atoms with Gasteiger partial charge in [-0.2, -0.15) is 4.31 Å². The van der Waals surface area contributed by atoms with Crippen LogP contribution in [-0.4, -0.2) is 85.1 Å². The van der Waals surface area contributed by atoms with Crippen molar-refractivity contribution >= 4 is 72.4 Å². The Bertz CT molecular complexity index is 1600. The summed E-state index contributed by atoms with van der Waals surface area (Å²) in [4.78, 5) is 42.7. The van der Waals surface area contributed by atoms with Gasteiger partial charge >= 0.3 is 0 Å². The van der Waals surface area contributed by atoms with Crippen LogP contribution in [0, 0.1) is 5.92 Å². The average molecular weight is 652 g/mol. The van der Waals surface area contributed by atoms with E-state index in [1.165, 1.54) is 29.5 Å². The van der Waals surface area contributed by atoms with Crippen molar-refractivity contribution in [3.63, 3.8) is 0 Å². The fourth-order valence-corrected chi connectivity index (χ4v) is 8.71. The molecule has 2 aliphatic rings. The number of amides is 3. The highest BCUT2D eigenvalue weighted by Crippen LogP contribution is 2.42. The molecule has 5 rings (SSSR count). The summed E-state index contributed by atoms with van der Waals surface area (Å²) in [5.41, 5.74) is -1.19. The van der Waals surface area contributed by atoms with Crippen molar-refractivity contribution in [2.45, 2.75) is 37.1 Å². The summed E-state index contributed by atoms with van der Waals surface area (Å²) < 4.78 is 28.5. The van der Waals surface area contributed by atoms with E-state index in [0.717, 1.165) is 14.4 Å². The van der Waals surface area contributed by atoms with Crippen molar-refractivity contribution in [3.05, 3.63) is 63.5 Å². The molecule has 1 aromatic heterocycles. The second-order valence-corrected chi connectivity index (χ2v) is 14.8. The first-order valence-electron chi connectivity index (χ1n) is 13.7. The molecule has 224 valence electrons. The van der Waals surface area contributed by atoms with Crippen LogP contribution >= 0.6 is 34.5 Å². The third kappa shape index (κ3) is 6.30. The second-order valence-electron chi connectivity index (χ2n) is 11.0. The number of hydrogen-bond donors (Lipinski definition) is 1. The van der Waals surface area contributed by atoms with Crippen LogP contribution in [0.4, 0.5) is 0 Å². The largest absolute Gasteiger partial charge is 0.351 e. The van der Waals surface area contributed by atoms with E-state index in [9.17, 15) is 22.8 Å². The molecule has 1 N–H and O–H groups in total. The van der Waals surface area contributed by atoms with Gasteiger partial charge in [-0.1, -0.05) is 48.3 Å². The Morgan fingerprint density at radius 2 is 1.71 bits per heavy atom. The lowest BCUT2D eigenvalue weighted by atomic mass is 10.0. The number of carbonyl (C=O) groups excluding carboxylic acids is 3. The summed E-state index contributed by atoms with van der Waals surface area (Å²) in [6.07, 6.45) is 1.01. The number of rotatable bonds is 9. The molecule has 42 heavy (non-hydrogen) atoms. The van der Waals surface area contributed by atoms with Gasteiger partial charge < -0.3 is 15.1 Å². The average Bonchev–Trinajstić information content (AvgIpc) is 3.48. The van der Waals surface area contributed by atoms with Gasteiger partial charge in [-0.3, -0.25) is 14.4 Å². The topological polar surface area (TPSA) is 107 Å². The zero-order valence-corrected chi connectivity index (χ0v) is 26.5. The van der Waals surface area contributed by atoms with Gasteiger partial charge in [-0.05, 0) is 55.0 Å². The maximum Gasteiger partial charge on any atom is 0.261 e. The summed E-state index contributed by atoms with van der Waals surface area (Å²) in [5.74, 6) is -0.318. The Kier molecular flexibility index (Phi) is 8.87. The zero-order chi connectivity index (χ0) is 30.2. The van der Waals surface area contributed by atoms with Gasteiger partial charge in [-0.25, -0.2) is 8.42 Å². The molecule has 0 bridgehead atoms. The number of hydrogen-bond acceptors (Lipinski definition) is 6. The lowest BCUT2D eigenvalue weighted by molar-refractivity contribution is -0.141. The van der Waals surface area contributed by atoms with Crippen molar-refractivity contribution in [2.24, 2.45) is 5.92 Å². The number of thiophene rings is 1. The third-order valence-corrected chi connectivity index (χ3v) is 11.6. The summed E-state index contributed by atoms with van der Waals surface area (Å²) in [6, 6.07) is 13.9. The van der Waals surface area contributed by atoms with E-state index in [0.29, 0.717) is 55.5 Å². The normalized spacial score (nSPS) is 21.3. The van der Waals surface area contributed by atoms with Gasteiger partial charge in [0.15, 0.2) is 0 Å². The van der Waals surface area contributed by atoms with Crippen LogP contribution < -0.4 is 5.32 Å². The molecule has 0 saturated carbocycles. The van der Waals surface area contributed by atoms with Crippen molar-refractivity contribution in [1.82, 2.24) is 19.4 Å². The molecule has 3 amide bonds. The number of nitrogens with zero attached hydrogens (tertiary/aromatic N) is 3. The van der Waals surface area contributed by atoms with E-state index in [4.69, 9.17) is 23.2 Å². The first kappa shape index (κ1) is 30.7. The van der Waals surface area contributed by atoms with Crippen LogP contribution in [0.3, 0.4) is 0 Å². The number of piperazine rings is 1. The standard InChI is InChI=1S/C29H32Cl2N4O5S2/c1-19(9-10-32-27(37)24-16-20-5-3-4-6-23(20)41-24)15-26(36)33-11-13-34(14-12-33)28(38)29(2)18-35(29)42(39,40)25-8-7-21(30)17-22(25)31/h3-8,16-17,19H,9-15,18H2,1-2H3,(H,32,37)/t19?,29-,35?/m0/s1. The molecule has 0 aliphatic carbocycles. The number of benzene rings is 2. The highest BCUT2D eigenvalue weighted by molar-refractivity contribution is 7.89. The van der Waals surface area contributed by atoms with Crippen LogP contribution in [0.15, 0.2) is 53.4 Å². The Balaban J connectivity index is 1.06. The maximum atomic E-state index is 13.3. The number of nitrogens with one attached hydrogen (secondary N) is 1. The molecule has 2 aliphatic heterocycles. The monoisotopic (exact) mass is 650 g/mol. The molecule has 0 radical (unpaired) electrons. The fraction of sp³-hybridized carbons (Fsp3) is 0.414. The molecule has 13 heteroatoms. The van der Waals surface area contributed by atoms with E-state index in [1.54, 1.807) is 16.7 Å². The molecule has 2 fully saturated rings. The maximum absolute atomic E-state index is 13.3. The third-order valence-electron chi connectivity index (χ3n) is 7.84. The molecule has 2 unspecified atom stereocenters. The molecule has 0 spiro atoms. The summed E-state index contributed by atoms with van der Waals surface area (Å²) in [5, 5.41) is 4.32. The van der Waals surface area contributed by atoms with E-state index >= 15 is 0 Å². The van der Waals surface area contributed by atoms with Crippen molar-refractivity contribution in [1.29, 1.82) is 0 Å². The van der Waals surface area contributed by atoms with Crippen molar-refractivity contribution in [3.8, 4) is 0 Å². The molecular formula is C29H32Cl2N4O5S2. The molecule has 3 aromatic rings. The first-order chi connectivity index (χ1) is 19.9. The van der Waals surface area contributed by atoms with Crippen molar-refractivity contribution < 1.29 is 22.8 Å². The molecule has 3 heterocycles. The van der Waals surface area contributed by atoms with E-state index in [2.05, 4.69) is 5.32 Å². The lowest BCUT2D eigenvalue weighted by Gasteiger charge is -2.36. The smallest absolute Gasteiger partial charge is 0.261 e. The minimum atomic E-state index is -3.97. The summed E-state index contributed by atoms with van der Waals surface area (Å²) in [7, 11) is -3.97. The van der Waals surface area contributed by atoms with Crippen LogP contribution in [0.1, 0.15) is 36.4 Å². The Morgan fingerprint density at radius 3 is 2.40 bits per heavy atom. The number of carbonyl (C=O) groups is 3. The molecule has 2 saturated heterocycles. The van der Waals surface area contributed by atoms with E-state index < -0.39 is 15.6 Å². The van der Waals surface area contributed by atoms with Crippen LogP contribution in [0.5, 0.6) is 0 Å². The SMILES string of the molecule is CC(CCNC(=O)c1cc2ccccc2s1)CC(=O)N1CCN(C(=O)[C@]2(C)CN2S(=O)(=O)c2ccc(Cl)cc2Cl)CC1. The fourth-order valence-electron chi connectivity index (χ4n) is 5.21. The highest BCUT2D eigenvalue weighted by Gasteiger charge is 2.62. The summed E-state index contributed by atoms with van der Waals surface area (Å²) in [6.45, 7) is 5.54. The molecular weight excluding hydrogens is 619 g/mol. The molecule has 2 aromatic carbocycles. The van der Waals surface area contributed by atoms with Gasteiger partial charge in [0, 0.05) is 55.4 Å². The Hall–Kier alpha value is -2.70. The van der Waals surface area contributed by atoms with Crippen LogP contribution in [-0.2, 0) is 19.6 Å². The van der Waals surface area contributed by atoms with Gasteiger partial charge in [-0.15, -0.1) is 11.3 Å². The number of halogens is 2. The minimum Gasteiger partial charge on any atom is -0.351 e. The van der Waals surface area contributed by atoms with Gasteiger partial charge in [0.2, 0.25) is 21.8 Å². The molecule has 3 atom stereocenters. The van der Waals surface area contributed by atoms with Gasteiger partial charge in [0.25, 0.3) is 5.91 Å². The molecule has 9 nitrogen and oxygen atoms in total. The first-order valence-corrected chi connectivity index (χ1v) is 16.7. The zero-order valence-electron chi connectivity index (χ0n) is 23.3. The van der Waals surface area contributed by atoms with E-state index in [1.807, 2.05) is 37.3 Å². The lowest BCUT2D eigenvalue weighted by Crippen LogP contribution is -2.54. The minimum absolute atomic E-state index is 0.00382. The predicted molar refractivity (Wildman–Crippen MR) is 164 cm³/mol. The number of fused-ring (bicyclic) bond motifs is 1. The van der Waals surface area contributed by atoms with Gasteiger partial charge in [0.1, 0.15) is 10.4 Å². The predicted octanol–water partition coefficient (Wildman–Crippen LogP) is 4.49. The Labute approximate surface area is 259 Å². The van der Waals surface area contributed by atoms with Gasteiger partial charge in [0.05, 0.1) is 9.90 Å². The van der Waals surface area contributed by atoms with Crippen LogP contribution in [0.25, 0.3) is 10.1 Å². The highest BCUT2D eigenvalue weighted by atomic mass is 35.5. The van der Waals surface area contributed by atoms with E-state index in [-0.39, 0.29) is 40.1 Å². The Morgan fingerprint density at radius 1 is 1.02 bits per heavy atom. The van der Waals surface area contributed by atoms with Crippen molar-refractivity contribution in [2.75, 3.05) is 39.3 Å². The quantitative estimate of drug-likeness (QED) is 0.344. The summed E-state index contributed by atoms with van der Waals surface area (Å²) >= 11 is 13.5.